The molecular formula is C25H26Cl2N4O6S. The van der Waals surface area contributed by atoms with Crippen LogP contribution >= 0.6 is 23.2 Å². The highest BCUT2D eigenvalue weighted by Gasteiger charge is 2.30. The van der Waals surface area contributed by atoms with E-state index in [0.29, 0.717) is 22.8 Å². The van der Waals surface area contributed by atoms with Crippen molar-refractivity contribution in [3.05, 3.63) is 58.9 Å². The highest BCUT2D eigenvalue weighted by Crippen LogP contribution is 2.38. The number of aromatic nitrogens is 1. The Labute approximate surface area is 231 Å². The first-order valence-corrected chi connectivity index (χ1v) is 14.0. The van der Waals surface area contributed by atoms with E-state index in [9.17, 15) is 18.5 Å². The Morgan fingerprint density at radius 1 is 1.18 bits per heavy atom. The number of carbonyl (C=O) groups excluding carboxylic acids is 1. The number of hydrogen-bond donors (Lipinski definition) is 1. The van der Waals surface area contributed by atoms with Gasteiger partial charge in [0.2, 0.25) is 15.9 Å². The molecule has 3 aromatic rings. The number of carbonyl (C=O) groups is 1. The molecule has 0 radical (unpaired) electrons. The molecule has 202 valence electrons. The lowest BCUT2D eigenvalue weighted by Crippen LogP contribution is -2.36. The standard InChI is InChI=1S/C25H26Cl2N4O6S/c1-25(2,3)23(32)31(19-11-16(13-28)22(21(27)12-19)35-10-9-26)18-5-7-20(8-6-18)36-14-17-15-37-24(29-17)30-38(4,33)34/h5-8,11-12,15H,9-10,14H2,1-4H3,(H,29,30). The molecule has 13 heteroatoms. The Hall–Kier alpha value is -3.46. The zero-order chi connectivity index (χ0) is 28.1. The normalized spacial score (nSPS) is 11.5. The summed E-state index contributed by atoms with van der Waals surface area (Å²) in [7, 11) is -3.52. The Balaban J connectivity index is 1.87. The number of anilines is 3. The molecular weight excluding hydrogens is 555 g/mol. The van der Waals surface area contributed by atoms with Gasteiger partial charge in [-0.1, -0.05) is 32.4 Å². The fourth-order valence-electron chi connectivity index (χ4n) is 3.23. The second-order valence-electron chi connectivity index (χ2n) is 9.14. The molecule has 0 fully saturated rings. The van der Waals surface area contributed by atoms with E-state index >= 15 is 0 Å². The summed E-state index contributed by atoms with van der Waals surface area (Å²) in [6, 6.07) is 11.7. The number of ether oxygens (including phenoxy) is 2. The van der Waals surface area contributed by atoms with E-state index in [1.807, 2.05) is 0 Å². The van der Waals surface area contributed by atoms with Crippen molar-refractivity contribution in [2.24, 2.45) is 5.41 Å². The van der Waals surface area contributed by atoms with Crippen LogP contribution in [0.3, 0.4) is 0 Å². The van der Waals surface area contributed by atoms with Crippen LogP contribution in [0.4, 0.5) is 17.4 Å². The minimum absolute atomic E-state index is 0.0177. The summed E-state index contributed by atoms with van der Waals surface area (Å²) in [5.74, 6) is 0.668. The van der Waals surface area contributed by atoms with E-state index < -0.39 is 15.4 Å². The molecule has 2 aromatic carbocycles. The first-order chi connectivity index (χ1) is 17.8. The van der Waals surface area contributed by atoms with Gasteiger partial charge in [0.15, 0.2) is 5.75 Å². The number of nitriles is 1. The molecule has 0 aliphatic heterocycles. The van der Waals surface area contributed by atoms with Crippen LogP contribution in [0, 0.1) is 16.7 Å². The molecule has 1 aromatic heterocycles. The van der Waals surface area contributed by atoms with Crippen molar-refractivity contribution >= 4 is 56.5 Å². The number of rotatable bonds is 10. The van der Waals surface area contributed by atoms with Gasteiger partial charge >= 0.3 is 6.01 Å². The van der Waals surface area contributed by atoms with Crippen LogP contribution in [0.2, 0.25) is 5.02 Å². The van der Waals surface area contributed by atoms with E-state index in [-0.39, 0.29) is 47.4 Å². The maximum absolute atomic E-state index is 13.5. The average Bonchev–Trinajstić information content (AvgIpc) is 3.27. The average molecular weight is 581 g/mol. The van der Waals surface area contributed by atoms with Gasteiger partial charge in [-0.2, -0.15) is 10.2 Å². The van der Waals surface area contributed by atoms with Crippen molar-refractivity contribution in [3.63, 3.8) is 0 Å². The number of hydrogen-bond acceptors (Lipinski definition) is 8. The minimum atomic E-state index is -3.52. The molecule has 38 heavy (non-hydrogen) atoms. The Kier molecular flexibility index (Phi) is 9.14. The molecule has 0 spiro atoms. The summed E-state index contributed by atoms with van der Waals surface area (Å²) in [4.78, 5) is 19.0. The van der Waals surface area contributed by atoms with Gasteiger partial charge in [-0.25, -0.2) is 13.1 Å². The van der Waals surface area contributed by atoms with Gasteiger partial charge in [0.05, 0.1) is 28.4 Å². The largest absolute Gasteiger partial charge is 0.489 e. The number of benzene rings is 2. The van der Waals surface area contributed by atoms with Crippen molar-refractivity contribution in [2.45, 2.75) is 27.4 Å². The summed E-state index contributed by atoms with van der Waals surface area (Å²) in [6.45, 7) is 5.55. The van der Waals surface area contributed by atoms with Crippen LogP contribution in [-0.4, -0.2) is 38.1 Å². The van der Waals surface area contributed by atoms with Crippen molar-refractivity contribution in [3.8, 4) is 17.6 Å². The van der Waals surface area contributed by atoms with Gasteiger partial charge in [-0.05, 0) is 36.4 Å². The smallest absolute Gasteiger partial charge is 0.308 e. The molecule has 1 amide bonds. The van der Waals surface area contributed by atoms with Crippen LogP contribution in [-0.2, 0) is 21.4 Å². The zero-order valence-corrected chi connectivity index (χ0v) is 23.4. The minimum Gasteiger partial charge on any atom is -0.489 e. The Morgan fingerprint density at radius 2 is 1.87 bits per heavy atom. The highest BCUT2D eigenvalue weighted by atomic mass is 35.5. The monoisotopic (exact) mass is 580 g/mol. The van der Waals surface area contributed by atoms with Crippen LogP contribution < -0.4 is 19.1 Å². The zero-order valence-electron chi connectivity index (χ0n) is 21.1. The molecule has 0 atom stereocenters. The topological polar surface area (TPSA) is 135 Å². The quantitative estimate of drug-likeness (QED) is 0.311. The Morgan fingerprint density at radius 3 is 2.45 bits per heavy atom. The molecule has 0 saturated carbocycles. The number of halogens is 2. The van der Waals surface area contributed by atoms with E-state index in [0.717, 1.165) is 6.26 Å². The third-order valence-corrected chi connectivity index (χ3v) is 5.86. The number of oxazole rings is 1. The number of alkyl halides is 1. The maximum atomic E-state index is 13.5. The number of nitrogens with zero attached hydrogens (tertiary/aromatic N) is 3. The predicted octanol–water partition coefficient (Wildman–Crippen LogP) is 5.48. The van der Waals surface area contributed by atoms with E-state index in [2.05, 4.69) is 15.8 Å². The van der Waals surface area contributed by atoms with Crippen LogP contribution in [0.1, 0.15) is 32.0 Å². The van der Waals surface area contributed by atoms with Crippen molar-refractivity contribution in [1.29, 1.82) is 5.26 Å². The van der Waals surface area contributed by atoms with E-state index in [4.69, 9.17) is 37.1 Å². The summed E-state index contributed by atoms with van der Waals surface area (Å²) < 4.78 is 41.1. The van der Waals surface area contributed by atoms with Crippen molar-refractivity contribution < 1.29 is 27.1 Å². The van der Waals surface area contributed by atoms with Gasteiger partial charge in [0.1, 0.15) is 37.0 Å². The summed E-state index contributed by atoms with van der Waals surface area (Å²) in [5.41, 5.74) is 0.702. The summed E-state index contributed by atoms with van der Waals surface area (Å²) in [5, 5.41) is 9.85. The van der Waals surface area contributed by atoms with Gasteiger partial charge in [-0.15, -0.1) is 11.6 Å². The number of sulfonamides is 1. The third-order valence-electron chi connectivity index (χ3n) is 4.88. The lowest BCUT2D eigenvalue weighted by atomic mass is 9.94. The molecule has 0 aliphatic carbocycles. The van der Waals surface area contributed by atoms with Gasteiger partial charge in [0.25, 0.3) is 0 Å². The van der Waals surface area contributed by atoms with E-state index in [1.165, 1.54) is 17.2 Å². The van der Waals surface area contributed by atoms with Crippen LogP contribution in [0.15, 0.2) is 47.1 Å². The first-order valence-electron chi connectivity index (χ1n) is 11.2. The van der Waals surface area contributed by atoms with Gasteiger partial charge in [-0.3, -0.25) is 9.69 Å². The third kappa shape index (κ3) is 7.54. The predicted molar refractivity (Wildman–Crippen MR) is 145 cm³/mol. The molecule has 0 bridgehead atoms. The SMILES string of the molecule is CC(C)(C)C(=O)N(c1ccc(OCc2coc(NS(C)(=O)=O)n2)cc1)c1cc(Cl)c(OCCCl)c(C#N)c1. The Bertz CT molecular complexity index is 1440. The summed E-state index contributed by atoms with van der Waals surface area (Å²) >= 11 is 12.1. The van der Waals surface area contributed by atoms with Crippen LogP contribution in [0.25, 0.3) is 0 Å². The molecule has 1 N–H and O–H groups in total. The molecule has 10 nitrogen and oxygen atoms in total. The summed E-state index contributed by atoms with van der Waals surface area (Å²) in [6.07, 6.45) is 2.27. The number of nitrogens with one attached hydrogen (secondary N) is 1. The van der Waals surface area contributed by atoms with E-state index in [1.54, 1.807) is 51.1 Å². The fraction of sp³-hybridized carbons (Fsp3) is 0.320. The van der Waals surface area contributed by atoms with Crippen molar-refractivity contribution in [1.82, 2.24) is 4.98 Å². The highest BCUT2D eigenvalue weighted by molar-refractivity contribution is 7.91. The number of amides is 1. The van der Waals surface area contributed by atoms with Crippen LogP contribution in [0.5, 0.6) is 11.5 Å². The first kappa shape index (κ1) is 29.1. The fourth-order valence-corrected chi connectivity index (χ4v) is 3.98. The second-order valence-corrected chi connectivity index (χ2v) is 11.7. The lowest BCUT2D eigenvalue weighted by molar-refractivity contribution is -0.125. The second kappa shape index (κ2) is 11.9. The van der Waals surface area contributed by atoms with Gasteiger partial charge in [0, 0.05) is 11.1 Å². The molecule has 1 heterocycles. The molecule has 0 saturated heterocycles. The maximum Gasteiger partial charge on any atom is 0.308 e. The van der Waals surface area contributed by atoms with Gasteiger partial charge < -0.3 is 13.9 Å². The molecule has 0 unspecified atom stereocenters. The molecule has 3 rings (SSSR count). The van der Waals surface area contributed by atoms with Crippen molar-refractivity contribution in [2.75, 3.05) is 28.4 Å². The lowest BCUT2D eigenvalue weighted by Gasteiger charge is -2.30. The molecule has 0 aliphatic rings.